The first-order valence-electron chi connectivity index (χ1n) is 6.96. The van der Waals surface area contributed by atoms with Crippen molar-refractivity contribution >= 4 is 0 Å². The summed E-state index contributed by atoms with van der Waals surface area (Å²) in [6, 6.07) is 0. The largest absolute Gasteiger partial charge is 0.379 e. The van der Waals surface area contributed by atoms with Gasteiger partial charge in [0.15, 0.2) is 0 Å². The first kappa shape index (κ1) is 16.2. The molecule has 0 saturated heterocycles. The highest BCUT2D eigenvalue weighted by molar-refractivity contribution is 5.15. The van der Waals surface area contributed by atoms with Crippen LogP contribution in [0.4, 0.5) is 0 Å². The van der Waals surface area contributed by atoms with E-state index in [4.69, 9.17) is 4.74 Å². The van der Waals surface area contributed by atoms with Gasteiger partial charge in [-0.3, -0.25) is 4.68 Å². The number of aryl methyl sites for hydroxylation is 2. The molecule has 0 unspecified atom stereocenters. The van der Waals surface area contributed by atoms with Gasteiger partial charge in [0, 0.05) is 37.5 Å². The van der Waals surface area contributed by atoms with Gasteiger partial charge in [-0.1, -0.05) is 0 Å². The molecule has 1 heterocycles. The van der Waals surface area contributed by atoms with Gasteiger partial charge in [-0.2, -0.15) is 5.10 Å². The van der Waals surface area contributed by atoms with Crippen molar-refractivity contribution in [3.8, 4) is 0 Å². The molecule has 0 atom stereocenters. The molecule has 0 amide bonds. The molecule has 0 bridgehead atoms. The third kappa shape index (κ3) is 5.74. The number of nitrogens with one attached hydrogen (secondary N) is 1. The summed E-state index contributed by atoms with van der Waals surface area (Å²) in [6.07, 6.45) is 3.09. The van der Waals surface area contributed by atoms with Crippen LogP contribution in [0, 0.1) is 6.92 Å². The van der Waals surface area contributed by atoms with Gasteiger partial charge in [0.25, 0.3) is 0 Å². The predicted octanol–water partition coefficient (Wildman–Crippen LogP) is 2.89. The van der Waals surface area contributed by atoms with Gasteiger partial charge in [0.1, 0.15) is 0 Å². The predicted molar refractivity (Wildman–Crippen MR) is 79.3 cm³/mol. The van der Waals surface area contributed by atoms with Crippen LogP contribution in [0.15, 0.2) is 6.20 Å². The molecule has 1 aromatic rings. The van der Waals surface area contributed by atoms with Crippen molar-refractivity contribution in [2.24, 2.45) is 0 Å². The van der Waals surface area contributed by atoms with Crippen LogP contribution in [0.25, 0.3) is 0 Å². The van der Waals surface area contributed by atoms with Crippen molar-refractivity contribution in [1.82, 2.24) is 15.1 Å². The minimum absolute atomic E-state index is 0.0936. The number of nitrogens with zero attached hydrogens (tertiary/aromatic N) is 2. The quantitative estimate of drug-likeness (QED) is 0.861. The highest BCUT2D eigenvalue weighted by Crippen LogP contribution is 2.15. The molecule has 0 fully saturated rings. The van der Waals surface area contributed by atoms with Crippen LogP contribution in [0.2, 0.25) is 0 Å². The molecule has 4 heteroatoms. The van der Waals surface area contributed by atoms with Gasteiger partial charge < -0.3 is 10.1 Å². The number of hydrogen-bond acceptors (Lipinski definition) is 3. The number of hydrogen-bond donors (Lipinski definition) is 1. The molecular weight excluding hydrogens is 238 g/mol. The fraction of sp³-hybridized carbons (Fsp3) is 0.800. The zero-order valence-corrected chi connectivity index (χ0v) is 13.5. The Hall–Kier alpha value is -0.870. The monoisotopic (exact) mass is 267 g/mol. The van der Waals surface area contributed by atoms with Gasteiger partial charge >= 0.3 is 0 Å². The summed E-state index contributed by atoms with van der Waals surface area (Å²) in [4.78, 5) is 0. The average Bonchev–Trinajstić information content (AvgIpc) is 2.64. The molecule has 1 aromatic heterocycles. The Kier molecular flexibility index (Phi) is 5.16. The summed E-state index contributed by atoms with van der Waals surface area (Å²) >= 11 is 0. The van der Waals surface area contributed by atoms with Gasteiger partial charge in [-0.05, 0) is 48.0 Å². The zero-order valence-electron chi connectivity index (χ0n) is 13.5. The van der Waals surface area contributed by atoms with Crippen molar-refractivity contribution in [3.05, 3.63) is 17.5 Å². The zero-order chi connectivity index (χ0) is 14.7. The van der Waals surface area contributed by atoms with E-state index in [-0.39, 0.29) is 11.1 Å². The van der Waals surface area contributed by atoms with Crippen molar-refractivity contribution in [1.29, 1.82) is 0 Å². The molecule has 0 aromatic carbocycles. The Morgan fingerprint density at radius 2 is 1.89 bits per heavy atom. The van der Waals surface area contributed by atoms with Crippen LogP contribution in [0.5, 0.6) is 0 Å². The molecule has 0 spiro atoms. The maximum atomic E-state index is 5.44. The van der Waals surface area contributed by atoms with E-state index >= 15 is 0 Å². The molecule has 19 heavy (non-hydrogen) atoms. The molecule has 1 N–H and O–H groups in total. The Bertz CT molecular complexity index is 402. The Morgan fingerprint density at radius 3 is 2.42 bits per heavy atom. The van der Waals surface area contributed by atoms with Gasteiger partial charge in [-0.15, -0.1) is 0 Å². The van der Waals surface area contributed by atoms with Crippen molar-refractivity contribution in [2.45, 2.75) is 72.2 Å². The van der Waals surface area contributed by atoms with E-state index in [9.17, 15) is 0 Å². The smallest absolute Gasteiger partial charge is 0.0640 e. The normalized spacial score (nSPS) is 13.0. The fourth-order valence-corrected chi connectivity index (χ4v) is 1.69. The van der Waals surface area contributed by atoms with Gasteiger partial charge in [0.2, 0.25) is 0 Å². The Labute approximate surface area is 117 Å². The number of aromatic nitrogens is 2. The first-order valence-corrected chi connectivity index (χ1v) is 6.96. The average molecular weight is 267 g/mol. The summed E-state index contributed by atoms with van der Waals surface area (Å²) < 4.78 is 7.46. The minimum atomic E-state index is -0.0936. The van der Waals surface area contributed by atoms with Crippen LogP contribution in [-0.2, 0) is 17.8 Å². The molecule has 0 aliphatic carbocycles. The molecule has 0 radical (unpaired) electrons. The molecule has 4 nitrogen and oxygen atoms in total. The molecule has 110 valence electrons. The van der Waals surface area contributed by atoms with Crippen molar-refractivity contribution in [2.75, 3.05) is 7.11 Å². The fourth-order valence-electron chi connectivity index (χ4n) is 1.69. The second-order valence-electron chi connectivity index (χ2n) is 6.82. The second-order valence-corrected chi connectivity index (χ2v) is 6.82. The molecule has 0 aliphatic rings. The Balaban J connectivity index is 2.59. The van der Waals surface area contributed by atoms with E-state index in [1.54, 1.807) is 7.11 Å². The summed E-state index contributed by atoms with van der Waals surface area (Å²) in [7, 11) is 1.76. The lowest BCUT2D eigenvalue weighted by molar-refractivity contribution is 0.0113. The lowest BCUT2D eigenvalue weighted by Crippen LogP contribution is -2.35. The SMILES string of the molecule is COC(C)(C)CCn1cc(CNC(C)(C)C)c(C)n1. The van der Waals surface area contributed by atoms with Crippen molar-refractivity contribution < 1.29 is 4.74 Å². The van der Waals surface area contributed by atoms with Crippen LogP contribution >= 0.6 is 0 Å². The first-order chi connectivity index (χ1) is 8.63. The van der Waals surface area contributed by atoms with E-state index in [1.807, 2.05) is 4.68 Å². The van der Waals surface area contributed by atoms with E-state index in [0.29, 0.717) is 0 Å². The summed E-state index contributed by atoms with van der Waals surface area (Å²) in [5.74, 6) is 0. The van der Waals surface area contributed by atoms with Crippen LogP contribution in [-0.4, -0.2) is 28.0 Å². The topological polar surface area (TPSA) is 39.1 Å². The second kappa shape index (κ2) is 6.06. The van der Waals surface area contributed by atoms with Gasteiger partial charge in [-0.25, -0.2) is 0 Å². The summed E-state index contributed by atoms with van der Waals surface area (Å²) in [5, 5.41) is 8.07. The van der Waals surface area contributed by atoms with Crippen LogP contribution < -0.4 is 5.32 Å². The Morgan fingerprint density at radius 1 is 1.26 bits per heavy atom. The van der Waals surface area contributed by atoms with Gasteiger partial charge in [0.05, 0.1) is 11.3 Å². The molecule has 0 aliphatic heterocycles. The van der Waals surface area contributed by atoms with E-state index in [0.717, 1.165) is 25.2 Å². The van der Waals surface area contributed by atoms with E-state index < -0.39 is 0 Å². The number of rotatable bonds is 6. The lowest BCUT2D eigenvalue weighted by atomic mass is 10.1. The molecular formula is C15H29N3O. The maximum absolute atomic E-state index is 5.44. The summed E-state index contributed by atoms with van der Waals surface area (Å²) in [6.45, 7) is 14.5. The lowest BCUT2D eigenvalue weighted by Gasteiger charge is -2.22. The standard InChI is InChI=1S/C15H29N3O/c1-12-13(10-16-14(2,3)4)11-18(17-12)9-8-15(5,6)19-7/h11,16H,8-10H2,1-7H3. The third-order valence-electron chi connectivity index (χ3n) is 3.35. The van der Waals surface area contributed by atoms with E-state index in [1.165, 1.54) is 5.56 Å². The molecule has 1 rings (SSSR count). The summed E-state index contributed by atoms with van der Waals surface area (Å²) in [5.41, 5.74) is 2.41. The highest BCUT2D eigenvalue weighted by atomic mass is 16.5. The highest BCUT2D eigenvalue weighted by Gasteiger charge is 2.17. The molecule has 0 saturated carbocycles. The van der Waals surface area contributed by atoms with E-state index in [2.05, 4.69) is 58.2 Å². The van der Waals surface area contributed by atoms with Crippen molar-refractivity contribution in [3.63, 3.8) is 0 Å². The maximum Gasteiger partial charge on any atom is 0.0640 e. The number of methoxy groups -OCH3 is 1. The van der Waals surface area contributed by atoms with Crippen LogP contribution in [0.1, 0.15) is 52.3 Å². The number of ether oxygens (including phenoxy) is 1. The minimum Gasteiger partial charge on any atom is -0.379 e. The third-order valence-corrected chi connectivity index (χ3v) is 3.35. The van der Waals surface area contributed by atoms with Crippen LogP contribution in [0.3, 0.4) is 0 Å².